The fourth-order valence-corrected chi connectivity index (χ4v) is 2.35. The number of methoxy groups -OCH3 is 1. The Kier molecular flexibility index (Phi) is 6.08. The first-order valence-electron chi connectivity index (χ1n) is 7.63. The molecule has 2 aromatic rings. The van der Waals surface area contributed by atoms with Crippen LogP contribution in [0.1, 0.15) is 23.7 Å². The first-order chi connectivity index (χ1) is 11.9. The number of nitrogens with one attached hydrogen (secondary N) is 1. The van der Waals surface area contributed by atoms with Crippen molar-refractivity contribution >= 4 is 11.9 Å². The molecular formula is C18H20N2O5. The zero-order valence-corrected chi connectivity index (χ0v) is 14.1. The number of hydrogen-bond acceptors (Lipinski definition) is 5. The molecule has 0 aliphatic carbocycles. The van der Waals surface area contributed by atoms with Gasteiger partial charge in [0.05, 0.1) is 24.8 Å². The van der Waals surface area contributed by atoms with E-state index in [1.165, 1.54) is 7.11 Å². The predicted octanol–water partition coefficient (Wildman–Crippen LogP) is 2.48. The van der Waals surface area contributed by atoms with Gasteiger partial charge in [-0.2, -0.15) is 0 Å². The average Bonchev–Trinajstić information content (AvgIpc) is 2.55. The number of aromatic nitrogens is 1. The summed E-state index contributed by atoms with van der Waals surface area (Å²) in [7, 11) is 1.46. The van der Waals surface area contributed by atoms with Gasteiger partial charge in [-0.05, 0) is 43.3 Å². The van der Waals surface area contributed by atoms with E-state index in [2.05, 4.69) is 10.3 Å². The van der Waals surface area contributed by atoms with E-state index in [0.717, 1.165) is 0 Å². The number of aliphatic carboxylic acids is 1. The molecule has 2 rings (SSSR count). The minimum Gasteiger partial charge on any atom is -0.481 e. The molecule has 7 heteroatoms. The lowest BCUT2D eigenvalue weighted by Crippen LogP contribution is -2.50. The van der Waals surface area contributed by atoms with E-state index < -0.39 is 11.5 Å². The summed E-state index contributed by atoms with van der Waals surface area (Å²) in [6, 6.07) is 10.1. The molecule has 0 saturated heterocycles. The molecule has 0 radical (unpaired) electrons. The molecule has 1 heterocycles. The molecule has 25 heavy (non-hydrogen) atoms. The van der Waals surface area contributed by atoms with Crippen LogP contribution in [0.3, 0.4) is 0 Å². The molecule has 1 aromatic carbocycles. The van der Waals surface area contributed by atoms with Crippen molar-refractivity contribution in [2.24, 2.45) is 0 Å². The third kappa shape index (κ3) is 5.58. The van der Waals surface area contributed by atoms with Crippen LogP contribution in [0.2, 0.25) is 0 Å². The molecule has 0 saturated carbocycles. The summed E-state index contributed by atoms with van der Waals surface area (Å²) >= 11 is 0. The maximum atomic E-state index is 12.4. The Morgan fingerprint density at radius 2 is 1.92 bits per heavy atom. The van der Waals surface area contributed by atoms with Crippen LogP contribution >= 0.6 is 0 Å². The molecule has 1 atom stereocenters. The first kappa shape index (κ1) is 18.4. The molecule has 0 aliphatic rings. The molecule has 132 valence electrons. The van der Waals surface area contributed by atoms with Gasteiger partial charge in [0, 0.05) is 18.9 Å². The van der Waals surface area contributed by atoms with Gasteiger partial charge in [-0.25, -0.2) is 0 Å². The van der Waals surface area contributed by atoms with E-state index in [9.17, 15) is 9.59 Å². The lowest BCUT2D eigenvalue weighted by molar-refractivity contribution is -0.139. The lowest BCUT2D eigenvalue weighted by Gasteiger charge is -2.28. The van der Waals surface area contributed by atoms with E-state index in [0.29, 0.717) is 17.1 Å². The van der Waals surface area contributed by atoms with Crippen LogP contribution < -0.4 is 10.1 Å². The SMILES string of the molecule is COCC(C)(CC(=O)O)NC(=O)c1ccc(Oc2cccnc2)cc1. The minimum absolute atomic E-state index is 0.0905. The maximum Gasteiger partial charge on any atom is 0.305 e. The lowest BCUT2D eigenvalue weighted by atomic mass is 9.98. The monoisotopic (exact) mass is 344 g/mol. The van der Waals surface area contributed by atoms with Crippen LogP contribution in [0, 0.1) is 0 Å². The summed E-state index contributed by atoms with van der Waals surface area (Å²) < 4.78 is 10.6. The van der Waals surface area contributed by atoms with E-state index in [-0.39, 0.29) is 18.9 Å². The fraction of sp³-hybridized carbons (Fsp3) is 0.278. The largest absolute Gasteiger partial charge is 0.481 e. The molecule has 0 spiro atoms. The quantitative estimate of drug-likeness (QED) is 0.763. The van der Waals surface area contributed by atoms with E-state index in [4.69, 9.17) is 14.6 Å². The second-order valence-electron chi connectivity index (χ2n) is 5.83. The van der Waals surface area contributed by atoms with Gasteiger partial charge in [-0.3, -0.25) is 14.6 Å². The number of carboxylic acid groups (broad SMARTS) is 1. The molecule has 0 aliphatic heterocycles. The molecule has 2 N–H and O–H groups in total. The van der Waals surface area contributed by atoms with Crippen LogP contribution in [0.4, 0.5) is 0 Å². The van der Waals surface area contributed by atoms with Crippen LogP contribution in [-0.2, 0) is 9.53 Å². The third-order valence-electron chi connectivity index (χ3n) is 3.41. The molecule has 0 fully saturated rings. The normalized spacial score (nSPS) is 12.9. The highest BCUT2D eigenvalue weighted by molar-refractivity contribution is 5.95. The number of ether oxygens (including phenoxy) is 2. The topological polar surface area (TPSA) is 97.8 Å². The van der Waals surface area contributed by atoms with Crippen LogP contribution in [0.5, 0.6) is 11.5 Å². The maximum absolute atomic E-state index is 12.4. The Bertz CT molecular complexity index is 718. The van der Waals surface area contributed by atoms with Crippen molar-refractivity contribution in [2.45, 2.75) is 18.9 Å². The second-order valence-corrected chi connectivity index (χ2v) is 5.83. The van der Waals surface area contributed by atoms with Gasteiger partial charge in [-0.1, -0.05) is 0 Å². The Labute approximate surface area is 145 Å². The summed E-state index contributed by atoms with van der Waals surface area (Å²) in [5.41, 5.74) is -0.603. The van der Waals surface area contributed by atoms with Crippen molar-refractivity contribution in [2.75, 3.05) is 13.7 Å². The number of hydrogen-bond donors (Lipinski definition) is 2. The van der Waals surface area contributed by atoms with Crippen LogP contribution in [0.15, 0.2) is 48.8 Å². The number of amides is 1. The molecule has 1 aromatic heterocycles. The van der Waals surface area contributed by atoms with Gasteiger partial charge in [0.15, 0.2) is 0 Å². The van der Waals surface area contributed by atoms with E-state index in [1.807, 2.05) is 0 Å². The summed E-state index contributed by atoms with van der Waals surface area (Å²) in [6.07, 6.45) is 2.99. The smallest absolute Gasteiger partial charge is 0.305 e. The van der Waals surface area contributed by atoms with Crippen molar-refractivity contribution < 1.29 is 24.2 Å². The summed E-state index contributed by atoms with van der Waals surface area (Å²) in [6.45, 7) is 1.72. The number of carbonyl (C=O) groups is 2. The predicted molar refractivity (Wildman–Crippen MR) is 90.8 cm³/mol. The highest BCUT2D eigenvalue weighted by Crippen LogP contribution is 2.21. The zero-order valence-electron chi connectivity index (χ0n) is 14.1. The van der Waals surface area contributed by atoms with E-state index >= 15 is 0 Å². The number of benzene rings is 1. The number of carboxylic acids is 1. The molecule has 1 unspecified atom stereocenters. The average molecular weight is 344 g/mol. The van der Waals surface area contributed by atoms with Crippen molar-refractivity contribution in [3.8, 4) is 11.5 Å². The molecule has 1 amide bonds. The van der Waals surface area contributed by atoms with Crippen molar-refractivity contribution in [1.29, 1.82) is 0 Å². The third-order valence-corrected chi connectivity index (χ3v) is 3.41. The van der Waals surface area contributed by atoms with Crippen molar-refractivity contribution in [3.05, 3.63) is 54.4 Å². The Balaban J connectivity index is 2.05. The van der Waals surface area contributed by atoms with Crippen molar-refractivity contribution in [3.63, 3.8) is 0 Å². The van der Waals surface area contributed by atoms with Gasteiger partial charge in [0.2, 0.25) is 0 Å². The van der Waals surface area contributed by atoms with Gasteiger partial charge in [0.25, 0.3) is 5.91 Å². The Morgan fingerprint density at radius 3 is 2.48 bits per heavy atom. The molecular weight excluding hydrogens is 324 g/mol. The Morgan fingerprint density at radius 1 is 1.20 bits per heavy atom. The van der Waals surface area contributed by atoms with Gasteiger partial charge < -0.3 is 19.9 Å². The summed E-state index contributed by atoms with van der Waals surface area (Å²) in [5, 5.41) is 11.7. The number of pyridine rings is 1. The molecule has 7 nitrogen and oxygen atoms in total. The first-order valence-corrected chi connectivity index (χ1v) is 7.63. The Hall–Kier alpha value is -2.93. The standard InChI is InChI=1S/C18H20N2O5/c1-18(12-24-2,10-16(21)22)20-17(23)13-5-7-14(8-6-13)25-15-4-3-9-19-11-15/h3-9,11H,10,12H2,1-2H3,(H,20,23)(H,21,22). The second kappa shape index (κ2) is 8.25. The van der Waals surface area contributed by atoms with Crippen LogP contribution in [0.25, 0.3) is 0 Å². The zero-order chi connectivity index (χ0) is 18.3. The highest BCUT2D eigenvalue weighted by Gasteiger charge is 2.29. The number of nitrogens with zero attached hydrogens (tertiary/aromatic N) is 1. The summed E-state index contributed by atoms with van der Waals surface area (Å²) in [5.74, 6) is -0.239. The number of carbonyl (C=O) groups excluding carboxylic acids is 1. The summed E-state index contributed by atoms with van der Waals surface area (Å²) in [4.78, 5) is 27.3. The minimum atomic E-state index is -1.01. The van der Waals surface area contributed by atoms with Gasteiger partial charge in [-0.15, -0.1) is 0 Å². The van der Waals surface area contributed by atoms with Gasteiger partial charge in [0.1, 0.15) is 11.5 Å². The fourth-order valence-electron chi connectivity index (χ4n) is 2.35. The van der Waals surface area contributed by atoms with Crippen molar-refractivity contribution in [1.82, 2.24) is 10.3 Å². The highest BCUT2D eigenvalue weighted by atomic mass is 16.5. The van der Waals surface area contributed by atoms with E-state index in [1.54, 1.807) is 55.7 Å². The number of rotatable bonds is 8. The van der Waals surface area contributed by atoms with Gasteiger partial charge >= 0.3 is 5.97 Å². The van der Waals surface area contributed by atoms with Crippen LogP contribution in [-0.4, -0.2) is 41.2 Å². The molecule has 0 bridgehead atoms.